The lowest BCUT2D eigenvalue weighted by molar-refractivity contribution is 0.100. The lowest BCUT2D eigenvalue weighted by atomic mass is 9.81. The molecule has 0 spiro atoms. The van der Waals surface area contributed by atoms with Gasteiger partial charge in [0.05, 0.1) is 17.6 Å². The summed E-state index contributed by atoms with van der Waals surface area (Å²) < 4.78 is 40.2. The first-order valence-corrected chi connectivity index (χ1v) is 10.2. The van der Waals surface area contributed by atoms with Crippen molar-refractivity contribution in [1.29, 1.82) is 0 Å². The quantitative estimate of drug-likeness (QED) is 0.500. The predicted octanol–water partition coefficient (Wildman–Crippen LogP) is 3.78. The first-order valence-electron chi connectivity index (χ1n) is 9.83. The van der Waals surface area contributed by atoms with E-state index in [-0.39, 0.29) is 41.0 Å². The average molecular weight is 457 g/mol. The number of anilines is 2. The number of nitrogens with one attached hydrogen (secondary N) is 2. The third-order valence-electron chi connectivity index (χ3n) is 5.39. The number of nitrogens with zero attached hydrogens (tertiary/aromatic N) is 3. The molecule has 11 heteroatoms. The summed E-state index contributed by atoms with van der Waals surface area (Å²) in [5.41, 5.74) is 6.14. The number of aliphatic imine (C=N–C) groups is 1. The second-order valence-corrected chi connectivity index (χ2v) is 7.94. The molecule has 1 heterocycles. The van der Waals surface area contributed by atoms with Gasteiger partial charge in [0.25, 0.3) is 12.3 Å². The van der Waals surface area contributed by atoms with Gasteiger partial charge in [-0.25, -0.2) is 13.2 Å². The molecule has 31 heavy (non-hydrogen) atoms. The molecule has 2 aromatic rings. The first-order chi connectivity index (χ1) is 14.8. The summed E-state index contributed by atoms with van der Waals surface area (Å²) in [7, 11) is 0. The smallest absolute Gasteiger partial charge is 0.254 e. The fraction of sp³-hybridized carbons (Fsp3) is 0.450. The number of carbonyl (C=O) groups is 1. The number of hydrogen-bond acceptors (Lipinski definition) is 5. The average Bonchev–Trinajstić information content (AvgIpc) is 3.13. The largest absolute Gasteiger partial charge is 0.365 e. The number of alkyl halides is 2. The number of nitrogens with two attached hydrogens (primary N) is 1. The molecule has 3 unspecified atom stereocenters. The van der Waals surface area contributed by atoms with Crippen molar-refractivity contribution in [2.24, 2.45) is 16.6 Å². The molecule has 3 atom stereocenters. The highest BCUT2D eigenvalue weighted by Gasteiger charge is 2.33. The number of benzene rings is 1. The van der Waals surface area contributed by atoms with Crippen LogP contribution in [-0.4, -0.2) is 48.0 Å². The Hall–Kier alpha value is -2.59. The highest BCUT2D eigenvalue weighted by Crippen LogP contribution is 2.35. The number of aromatic nitrogens is 2. The van der Waals surface area contributed by atoms with Crippen LogP contribution in [0.15, 0.2) is 29.4 Å². The Morgan fingerprint density at radius 3 is 2.84 bits per heavy atom. The van der Waals surface area contributed by atoms with Gasteiger partial charge in [-0.1, -0.05) is 11.6 Å². The van der Waals surface area contributed by atoms with Gasteiger partial charge in [-0.3, -0.25) is 9.48 Å². The lowest BCUT2D eigenvalue weighted by Crippen LogP contribution is -2.41. The Kier molecular flexibility index (Phi) is 7.55. The molecule has 1 saturated carbocycles. The molecule has 1 aromatic heterocycles. The number of primary amides is 1. The topological polar surface area (TPSA) is 97.3 Å². The van der Waals surface area contributed by atoms with Gasteiger partial charge in [0.15, 0.2) is 5.82 Å². The van der Waals surface area contributed by atoms with Crippen molar-refractivity contribution in [1.82, 2.24) is 15.1 Å². The second-order valence-electron chi connectivity index (χ2n) is 7.53. The number of hydrogen-bond donors (Lipinski definition) is 3. The van der Waals surface area contributed by atoms with Crippen LogP contribution >= 0.6 is 11.6 Å². The van der Waals surface area contributed by atoms with E-state index in [4.69, 9.17) is 17.3 Å². The summed E-state index contributed by atoms with van der Waals surface area (Å²) in [5.74, 6) is -1.02. The van der Waals surface area contributed by atoms with Gasteiger partial charge in [0.1, 0.15) is 11.4 Å². The monoisotopic (exact) mass is 456 g/mol. The summed E-state index contributed by atoms with van der Waals surface area (Å²) in [6.45, 7) is 3.63. The Morgan fingerprint density at radius 1 is 1.42 bits per heavy atom. The Balaban J connectivity index is 1.82. The van der Waals surface area contributed by atoms with E-state index in [1.54, 1.807) is 10.9 Å². The van der Waals surface area contributed by atoms with Crippen LogP contribution in [0.3, 0.4) is 0 Å². The van der Waals surface area contributed by atoms with Gasteiger partial charge in [-0.15, -0.1) is 0 Å². The third-order valence-corrected chi connectivity index (χ3v) is 5.68. The second kappa shape index (κ2) is 10.1. The fourth-order valence-corrected chi connectivity index (χ4v) is 4.12. The molecule has 0 aliphatic heterocycles. The van der Waals surface area contributed by atoms with Crippen LogP contribution < -0.4 is 16.4 Å². The van der Waals surface area contributed by atoms with Crippen molar-refractivity contribution in [2.75, 3.05) is 18.4 Å². The minimum absolute atomic E-state index is 0.00448. The zero-order valence-electron chi connectivity index (χ0n) is 16.7. The molecule has 3 rings (SSSR count). The van der Waals surface area contributed by atoms with Crippen LogP contribution in [0.4, 0.5) is 24.7 Å². The van der Waals surface area contributed by atoms with E-state index in [1.807, 2.05) is 0 Å². The maximum absolute atomic E-state index is 13.4. The van der Waals surface area contributed by atoms with Crippen molar-refractivity contribution in [3.8, 4) is 0 Å². The zero-order valence-corrected chi connectivity index (χ0v) is 17.5. The molecule has 168 valence electrons. The van der Waals surface area contributed by atoms with Crippen molar-refractivity contribution >= 4 is 35.7 Å². The van der Waals surface area contributed by atoms with E-state index in [2.05, 4.69) is 27.4 Å². The van der Waals surface area contributed by atoms with Crippen molar-refractivity contribution < 1.29 is 18.0 Å². The molecule has 7 nitrogen and oxygen atoms in total. The van der Waals surface area contributed by atoms with E-state index < -0.39 is 18.1 Å². The summed E-state index contributed by atoms with van der Waals surface area (Å²) in [5, 5.41) is 10.3. The van der Waals surface area contributed by atoms with Gasteiger partial charge in [-0.05, 0) is 44.2 Å². The number of rotatable bonds is 9. The first kappa shape index (κ1) is 23.1. The van der Waals surface area contributed by atoms with Crippen molar-refractivity contribution in [3.63, 3.8) is 0 Å². The lowest BCUT2D eigenvalue weighted by Gasteiger charge is -2.36. The van der Waals surface area contributed by atoms with Crippen LogP contribution in [0.2, 0.25) is 5.02 Å². The molecule has 0 saturated heterocycles. The molecular weight excluding hydrogens is 433 g/mol. The van der Waals surface area contributed by atoms with E-state index in [9.17, 15) is 18.0 Å². The van der Waals surface area contributed by atoms with Crippen LogP contribution in [0.25, 0.3) is 0 Å². The van der Waals surface area contributed by atoms with E-state index >= 15 is 0 Å². The Labute approximate surface area is 182 Å². The van der Waals surface area contributed by atoms with Gasteiger partial charge < -0.3 is 21.4 Å². The number of halogens is 4. The molecular formula is C20H24ClF3N6O. The highest BCUT2D eigenvalue weighted by atomic mass is 35.5. The molecule has 4 N–H and O–H groups in total. The number of amides is 1. The molecule has 1 aliphatic carbocycles. The van der Waals surface area contributed by atoms with Gasteiger partial charge in [-0.2, -0.15) is 5.10 Å². The van der Waals surface area contributed by atoms with Gasteiger partial charge >= 0.3 is 0 Å². The minimum atomic E-state index is -2.41. The van der Waals surface area contributed by atoms with Crippen molar-refractivity contribution in [2.45, 2.75) is 37.8 Å². The van der Waals surface area contributed by atoms with Gasteiger partial charge in [0.2, 0.25) is 0 Å². The van der Waals surface area contributed by atoms with Crippen LogP contribution in [-0.2, 0) is 0 Å². The summed E-state index contributed by atoms with van der Waals surface area (Å²) in [6.07, 6.45) is 1.10. The Morgan fingerprint density at radius 2 is 2.19 bits per heavy atom. The summed E-state index contributed by atoms with van der Waals surface area (Å²) in [6, 6.07) is 3.88. The maximum Gasteiger partial charge on any atom is 0.254 e. The Bertz CT molecular complexity index is 938. The summed E-state index contributed by atoms with van der Waals surface area (Å²) >= 11 is 5.82. The summed E-state index contributed by atoms with van der Waals surface area (Å²) in [4.78, 5) is 16.0. The van der Waals surface area contributed by atoms with Crippen LogP contribution in [0.5, 0.6) is 0 Å². The predicted molar refractivity (Wildman–Crippen MR) is 114 cm³/mol. The number of carbonyl (C=O) groups excluding carboxylic acids is 1. The highest BCUT2D eigenvalue weighted by molar-refractivity contribution is 6.31. The minimum Gasteiger partial charge on any atom is -0.365 e. The molecule has 0 radical (unpaired) electrons. The molecule has 1 amide bonds. The third kappa shape index (κ3) is 5.76. The fourth-order valence-electron chi connectivity index (χ4n) is 3.94. The molecule has 1 fully saturated rings. The molecule has 1 aromatic carbocycles. The van der Waals surface area contributed by atoms with E-state index in [0.29, 0.717) is 31.5 Å². The van der Waals surface area contributed by atoms with Crippen molar-refractivity contribution in [3.05, 3.63) is 40.8 Å². The zero-order chi connectivity index (χ0) is 22.5. The van der Waals surface area contributed by atoms with Crippen LogP contribution in [0.1, 0.15) is 35.7 Å². The molecule has 1 aliphatic rings. The standard InChI is InChI=1S/C20H24ClF3N6O/c1-26-8-11-6-12(27-9-18(23)24)3-5-17(11)30-10-14(19(25)31)20(29-30)28-13-2-4-16(22)15(21)7-13/h2,4,7,10-12,17-18,27H,1,3,5-6,8-9H2,(H2,25,31)(H,28,29). The van der Waals surface area contributed by atoms with Crippen LogP contribution in [0, 0.1) is 11.7 Å². The van der Waals surface area contributed by atoms with Gasteiger partial charge in [0, 0.05) is 30.4 Å². The normalized spacial score (nSPS) is 21.3. The maximum atomic E-state index is 13.4. The SMILES string of the molecule is C=NCC1CC(NCC(F)F)CCC1n1cc(C(N)=O)c(Nc2ccc(F)c(Cl)c2)n1. The van der Waals surface area contributed by atoms with E-state index in [1.165, 1.54) is 18.2 Å². The molecule has 0 bridgehead atoms. The van der Waals surface area contributed by atoms with E-state index in [0.717, 1.165) is 0 Å².